The van der Waals surface area contributed by atoms with Gasteiger partial charge in [-0.2, -0.15) is 0 Å². The number of nitrogens with one attached hydrogen (secondary N) is 2. The maximum absolute atomic E-state index is 5.48. The fourth-order valence-electron chi connectivity index (χ4n) is 3.71. The van der Waals surface area contributed by atoms with Crippen molar-refractivity contribution in [2.45, 2.75) is 46.5 Å². The van der Waals surface area contributed by atoms with Gasteiger partial charge < -0.3 is 20.3 Å². The number of benzene rings is 1. The predicted molar refractivity (Wildman–Crippen MR) is 115 cm³/mol. The Bertz CT molecular complexity index is 580. The van der Waals surface area contributed by atoms with Crippen molar-refractivity contribution in [3.05, 3.63) is 29.3 Å². The molecule has 5 nitrogen and oxygen atoms in total. The molecule has 0 spiro atoms. The van der Waals surface area contributed by atoms with Crippen LogP contribution in [-0.2, 0) is 6.42 Å². The fraction of sp³-hybridized carbons (Fsp3) is 0.682. The molecule has 5 heteroatoms. The van der Waals surface area contributed by atoms with E-state index in [0.29, 0.717) is 0 Å². The van der Waals surface area contributed by atoms with Crippen molar-refractivity contribution in [1.82, 2.24) is 15.5 Å². The molecule has 152 valence electrons. The second-order valence-electron chi connectivity index (χ2n) is 7.42. The van der Waals surface area contributed by atoms with Crippen molar-refractivity contribution in [1.29, 1.82) is 0 Å². The minimum atomic E-state index is 0.830. The Hall–Kier alpha value is -1.75. The average Bonchev–Trinajstić information content (AvgIpc) is 2.68. The zero-order valence-corrected chi connectivity index (χ0v) is 17.7. The van der Waals surface area contributed by atoms with Crippen LogP contribution in [0.5, 0.6) is 5.75 Å². The third kappa shape index (κ3) is 7.41. The van der Waals surface area contributed by atoms with Crippen molar-refractivity contribution in [3.63, 3.8) is 0 Å². The molecule has 1 fully saturated rings. The monoisotopic (exact) mass is 374 g/mol. The number of piperidine rings is 1. The quantitative estimate of drug-likeness (QED) is 0.515. The minimum absolute atomic E-state index is 0.830. The topological polar surface area (TPSA) is 48.9 Å². The molecule has 1 aliphatic heterocycles. The molecular formula is C22H38N4O. The SMILES string of the molecule is CCNC(=NCCC1CCN(CC)CC1)NCCc1cc(C)ccc1OC. The normalized spacial score (nSPS) is 16.4. The zero-order valence-electron chi connectivity index (χ0n) is 17.7. The van der Waals surface area contributed by atoms with Crippen LogP contribution in [0.2, 0.25) is 0 Å². The Balaban J connectivity index is 1.77. The Morgan fingerprint density at radius 2 is 2.00 bits per heavy atom. The Labute approximate surface area is 165 Å². The molecule has 0 amide bonds. The van der Waals surface area contributed by atoms with Gasteiger partial charge in [-0.05, 0) is 76.7 Å². The highest BCUT2D eigenvalue weighted by molar-refractivity contribution is 5.79. The second-order valence-corrected chi connectivity index (χ2v) is 7.42. The molecule has 27 heavy (non-hydrogen) atoms. The van der Waals surface area contributed by atoms with Gasteiger partial charge in [-0.1, -0.05) is 24.6 Å². The first-order chi connectivity index (χ1) is 13.2. The summed E-state index contributed by atoms with van der Waals surface area (Å²) in [6.45, 7) is 12.8. The molecule has 1 aliphatic rings. The molecule has 0 bridgehead atoms. The van der Waals surface area contributed by atoms with Crippen LogP contribution in [0.1, 0.15) is 44.2 Å². The Morgan fingerprint density at radius 3 is 2.67 bits per heavy atom. The molecule has 0 aliphatic carbocycles. The largest absolute Gasteiger partial charge is 0.496 e. The molecule has 0 radical (unpaired) electrons. The number of aryl methyl sites for hydroxylation is 1. The number of hydrogen-bond donors (Lipinski definition) is 2. The average molecular weight is 375 g/mol. The lowest BCUT2D eigenvalue weighted by Crippen LogP contribution is -2.38. The van der Waals surface area contributed by atoms with E-state index in [1.807, 2.05) is 6.07 Å². The molecule has 2 N–H and O–H groups in total. The van der Waals surface area contributed by atoms with Crippen molar-refractivity contribution >= 4 is 5.96 Å². The summed E-state index contributed by atoms with van der Waals surface area (Å²) < 4.78 is 5.48. The van der Waals surface area contributed by atoms with Crippen LogP contribution >= 0.6 is 0 Å². The predicted octanol–water partition coefficient (Wildman–Crippen LogP) is 3.22. The number of likely N-dealkylation sites (tertiary alicyclic amines) is 1. The summed E-state index contributed by atoms with van der Waals surface area (Å²) in [6.07, 6.45) is 4.76. The summed E-state index contributed by atoms with van der Waals surface area (Å²) in [5.41, 5.74) is 2.50. The van der Waals surface area contributed by atoms with Gasteiger partial charge in [0.1, 0.15) is 5.75 Å². The highest BCUT2D eigenvalue weighted by Gasteiger charge is 2.17. The van der Waals surface area contributed by atoms with E-state index in [1.54, 1.807) is 7.11 Å². The van der Waals surface area contributed by atoms with E-state index in [-0.39, 0.29) is 0 Å². The summed E-state index contributed by atoms with van der Waals surface area (Å²) in [4.78, 5) is 7.33. The van der Waals surface area contributed by atoms with Gasteiger partial charge in [0, 0.05) is 19.6 Å². The fourth-order valence-corrected chi connectivity index (χ4v) is 3.71. The molecular weight excluding hydrogens is 336 g/mol. The van der Waals surface area contributed by atoms with Gasteiger partial charge in [0.2, 0.25) is 0 Å². The van der Waals surface area contributed by atoms with E-state index in [2.05, 4.69) is 48.4 Å². The van der Waals surface area contributed by atoms with E-state index >= 15 is 0 Å². The summed E-state index contributed by atoms with van der Waals surface area (Å²) in [5.74, 6) is 2.72. The zero-order chi connectivity index (χ0) is 19.5. The third-order valence-corrected chi connectivity index (χ3v) is 5.43. The smallest absolute Gasteiger partial charge is 0.191 e. The van der Waals surface area contributed by atoms with Crippen molar-refractivity contribution in [3.8, 4) is 5.75 Å². The molecule has 0 aromatic heterocycles. The van der Waals surface area contributed by atoms with E-state index < -0.39 is 0 Å². The molecule has 1 saturated heterocycles. The van der Waals surface area contributed by atoms with Crippen molar-refractivity contribution < 1.29 is 4.74 Å². The number of aliphatic imine (C=N–C) groups is 1. The number of methoxy groups -OCH3 is 1. The Morgan fingerprint density at radius 1 is 1.22 bits per heavy atom. The second kappa shape index (κ2) is 11.9. The van der Waals surface area contributed by atoms with Gasteiger partial charge in [-0.15, -0.1) is 0 Å². The van der Waals surface area contributed by atoms with Gasteiger partial charge in [0.05, 0.1) is 7.11 Å². The highest BCUT2D eigenvalue weighted by Crippen LogP contribution is 2.20. The number of nitrogens with zero attached hydrogens (tertiary/aromatic N) is 2. The van der Waals surface area contributed by atoms with Crippen LogP contribution in [0.3, 0.4) is 0 Å². The molecule has 1 aromatic rings. The lowest BCUT2D eigenvalue weighted by Gasteiger charge is -2.30. The third-order valence-electron chi connectivity index (χ3n) is 5.43. The lowest BCUT2D eigenvalue weighted by molar-refractivity contribution is 0.188. The number of guanidine groups is 1. The molecule has 2 rings (SSSR count). The summed E-state index contributed by atoms with van der Waals surface area (Å²) in [6, 6.07) is 6.34. The van der Waals surface area contributed by atoms with Gasteiger partial charge in [0.15, 0.2) is 5.96 Å². The van der Waals surface area contributed by atoms with Gasteiger partial charge >= 0.3 is 0 Å². The highest BCUT2D eigenvalue weighted by atomic mass is 16.5. The van der Waals surface area contributed by atoms with Gasteiger partial charge in [-0.25, -0.2) is 0 Å². The maximum Gasteiger partial charge on any atom is 0.191 e. The maximum atomic E-state index is 5.48. The van der Waals surface area contributed by atoms with E-state index in [4.69, 9.17) is 9.73 Å². The molecule has 1 heterocycles. The van der Waals surface area contributed by atoms with Crippen LogP contribution in [0.25, 0.3) is 0 Å². The van der Waals surface area contributed by atoms with E-state index in [0.717, 1.165) is 43.7 Å². The molecule has 1 aromatic carbocycles. The van der Waals surface area contributed by atoms with Crippen molar-refractivity contribution in [2.24, 2.45) is 10.9 Å². The summed E-state index contributed by atoms with van der Waals surface area (Å²) >= 11 is 0. The Kier molecular flexibility index (Phi) is 9.46. The first-order valence-electron chi connectivity index (χ1n) is 10.5. The minimum Gasteiger partial charge on any atom is -0.496 e. The van der Waals surface area contributed by atoms with E-state index in [9.17, 15) is 0 Å². The summed E-state index contributed by atoms with van der Waals surface area (Å²) in [5, 5.41) is 6.83. The van der Waals surface area contributed by atoms with Gasteiger partial charge in [-0.3, -0.25) is 4.99 Å². The van der Waals surface area contributed by atoms with Crippen LogP contribution in [0.15, 0.2) is 23.2 Å². The lowest BCUT2D eigenvalue weighted by atomic mass is 9.94. The molecule has 0 unspecified atom stereocenters. The van der Waals surface area contributed by atoms with Gasteiger partial charge in [0.25, 0.3) is 0 Å². The number of rotatable bonds is 9. The van der Waals surface area contributed by atoms with Crippen LogP contribution in [0.4, 0.5) is 0 Å². The molecule has 0 saturated carbocycles. The first-order valence-corrected chi connectivity index (χ1v) is 10.5. The molecule has 0 atom stereocenters. The van der Waals surface area contributed by atoms with Crippen LogP contribution in [-0.4, -0.2) is 57.2 Å². The standard InChI is InChI=1S/C22H38N4O/c1-5-23-22(24-13-9-19-11-15-26(6-2)16-12-19)25-14-10-20-17-18(3)7-8-21(20)27-4/h7-8,17,19H,5-6,9-16H2,1-4H3,(H2,23,24,25). The number of ether oxygens (including phenoxy) is 1. The van der Waals surface area contributed by atoms with Crippen LogP contribution < -0.4 is 15.4 Å². The van der Waals surface area contributed by atoms with E-state index in [1.165, 1.54) is 50.0 Å². The first kappa shape index (κ1) is 21.5. The number of hydrogen-bond acceptors (Lipinski definition) is 3. The summed E-state index contributed by atoms with van der Waals surface area (Å²) in [7, 11) is 1.73. The van der Waals surface area contributed by atoms with Crippen molar-refractivity contribution in [2.75, 3.05) is 46.4 Å². The van der Waals surface area contributed by atoms with Crippen LogP contribution in [0, 0.1) is 12.8 Å².